The molecule has 0 atom stereocenters. The number of nitrogens with two attached hydrogens (primary N) is 1. The molecule has 106 valence electrons. The first-order valence-electron chi connectivity index (χ1n) is 6.81. The summed E-state index contributed by atoms with van der Waals surface area (Å²) in [6, 6.07) is 12.5. The van der Waals surface area contributed by atoms with Crippen LogP contribution < -0.4 is 5.73 Å². The van der Waals surface area contributed by atoms with Gasteiger partial charge in [-0.3, -0.25) is 0 Å². The summed E-state index contributed by atoms with van der Waals surface area (Å²) in [5.41, 5.74) is 11.0. The molecule has 0 fully saturated rings. The average Bonchev–Trinajstić information content (AvgIpc) is 2.90. The van der Waals surface area contributed by atoms with E-state index in [1.165, 1.54) is 11.1 Å². The molecule has 3 rings (SSSR count). The average molecular weight is 295 g/mol. The molecule has 3 N–H and O–H groups in total. The third-order valence-corrected chi connectivity index (χ3v) is 3.76. The highest BCUT2D eigenvalue weighted by molar-refractivity contribution is 7.84. The molecule has 0 amide bonds. The number of allylic oxidation sites excluding steroid dienone is 1. The Bertz CT molecular complexity index is 799. The summed E-state index contributed by atoms with van der Waals surface area (Å²) in [6.45, 7) is 1.89. The molecule has 4 heteroatoms. The van der Waals surface area contributed by atoms with E-state index in [9.17, 15) is 0 Å². The Hall–Kier alpha value is -2.20. The Morgan fingerprint density at radius 1 is 1.24 bits per heavy atom. The summed E-state index contributed by atoms with van der Waals surface area (Å²) in [4.78, 5) is 8.45. The standard InChI is InChI=1S/C17H17N3S/c1-11(21)16(18)15-10-20-17-14(15)8-13(9-19-17)7-12-5-3-2-4-6-12/h2-6,8-10,21H,7,18H2,1H3,(H,19,20)/b16-11-. The van der Waals surface area contributed by atoms with E-state index in [1.807, 2.05) is 37.5 Å². The van der Waals surface area contributed by atoms with Crippen LogP contribution in [0, 0.1) is 0 Å². The first-order chi connectivity index (χ1) is 10.1. The van der Waals surface area contributed by atoms with Crippen molar-refractivity contribution in [1.82, 2.24) is 9.97 Å². The van der Waals surface area contributed by atoms with Gasteiger partial charge in [0.2, 0.25) is 0 Å². The van der Waals surface area contributed by atoms with Crippen LogP contribution in [0.15, 0.2) is 53.7 Å². The summed E-state index contributed by atoms with van der Waals surface area (Å²) in [7, 11) is 0. The van der Waals surface area contributed by atoms with Gasteiger partial charge in [-0.2, -0.15) is 0 Å². The normalized spacial score (nSPS) is 12.5. The third-order valence-electron chi connectivity index (χ3n) is 3.52. The minimum absolute atomic E-state index is 0.684. The van der Waals surface area contributed by atoms with E-state index >= 15 is 0 Å². The van der Waals surface area contributed by atoms with Gasteiger partial charge in [0, 0.05) is 28.2 Å². The zero-order chi connectivity index (χ0) is 14.8. The van der Waals surface area contributed by atoms with Crippen LogP contribution in [0.5, 0.6) is 0 Å². The molecular weight excluding hydrogens is 278 g/mol. The van der Waals surface area contributed by atoms with Crippen LogP contribution >= 0.6 is 12.6 Å². The van der Waals surface area contributed by atoms with Gasteiger partial charge in [0.15, 0.2) is 0 Å². The van der Waals surface area contributed by atoms with Crippen LogP contribution in [-0.4, -0.2) is 9.97 Å². The number of H-pyrrole nitrogens is 1. The molecule has 2 aromatic heterocycles. The van der Waals surface area contributed by atoms with Crippen molar-refractivity contribution in [3.05, 3.63) is 70.4 Å². The molecule has 0 aliphatic rings. The van der Waals surface area contributed by atoms with Crippen molar-refractivity contribution >= 4 is 29.4 Å². The van der Waals surface area contributed by atoms with E-state index in [0.29, 0.717) is 5.70 Å². The molecular formula is C17H17N3S. The smallest absolute Gasteiger partial charge is 0.137 e. The molecule has 3 nitrogen and oxygen atoms in total. The summed E-state index contributed by atoms with van der Waals surface area (Å²) in [5, 5.41) is 1.04. The maximum absolute atomic E-state index is 6.11. The summed E-state index contributed by atoms with van der Waals surface area (Å²) in [5.74, 6) is 0. The lowest BCUT2D eigenvalue weighted by atomic mass is 10.0. The van der Waals surface area contributed by atoms with Crippen LogP contribution in [0.2, 0.25) is 0 Å². The Balaban J connectivity index is 2.03. The predicted octanol–water partition coefficient (Wildman–Crippen LogP) is 3.73. The second-order valence-electron chi connectivity index (χ2n) is 5.10. The first-order valence-corrected chi connectivity index (χ1v) is 7.25. The lowest BCUT2D eigenvalue weighted by Crippen LogP contribution is -1.97. The summed E-state index contributed by atoms with van der Waals surface area (Å²) >= 11 is 4.33. The van der Waals surface area contributed by atoms with Crippen LogP contribution in [0.25, 0.3) is 16.7 Å². The molecule has 21 heavy (non-hydrogen) atoms. The Morgan fingerprint density at radius 3 is 2.71 bits per heavy atom. The SMILES string of the molecule is C/C(S)=C(/N)c1c[nH]c2ncc(Cc3ccccc3)cc12. The number of fused-ring (bicyclic) bond motifs is 1. The van der Waals surface area contributed by atoms with Crippen LogP contribution in [0.4, 0.5) is 0 Å². The van der Waals surface area contributed by atoms with Gasteiger partial charge in [-0.15, -0.1) is 12.6 Å². The minimum atomic E-state index is 0.684. The van der Waals surface area contributed by atoms with Crippen LogP contribution in [0.3, 0.4) is 0 Å². The fourth-order valence-electron chi connectivity index (χ4n) is 2.39. The quantitative estimate of drug-likeness (QED) is 0.645. The van der Waals surface area contributed by atoms with Crippen molar-refractivity contribution in [2.45, 2.75) is 13.3 Å². The molecule has 0 bridgehead atoms. The molecule has 0 saturated carbocycles. The first kappa shape index (κ1) is 13.8. The molecule has 0 radical (unpaired) electrons. The molecule has 3 aromatic rings. The Labute approximate surface area is 129 Å². The minimum Gasteiger partial charge on any atom is -0.398 e. The Morgan fingerprint density at radius 2 is 2.00 bits per heavy atom. The lowest BCUT2D eigenvalue weighted by molar-refractivity contribution is 1.16. The number of pyridine rings is 1. The van der Waals surface area contributed by atoms with Gasteiger partial charge in [-0.25, -0.2) is 4.98 Å². The molecule has 0 saturated heterocycles. The highest BCUT2D eigenvalue weighted by atomic mass is 32.1. The molecule has 0 spiro atoms. The van der Waals surface area contributed by atoms with Gasteiger partial charge < -0.3 is 10.7 Å². The van der Waals surface area contributed by atoms with E-state index in [2.05, 4.69) is 40.8 Å². The highest BCUT2D eigenvalue weighted by Crippen LogP contribution is 2.25. The van der Waals surface area contributed by atoms with Crippen molar-refractivity contribution < 1.29 is 0 Å². The second-order valence-corrected chi connectivity index (χ2v) is 5.77. The fourth-order valence-corrected chi connectivity index (χ4v) is 2.51. The van der Waals surface area contributed by atoms with Gasteiger partial charge >= 0.3 is 0 Å². The van der Waals surface area contributed by atoms with Crippen molar-refractivity contribution in [2.24, 2.45) is 5.73 Å². The van der Waals surface area contributed by atoms with Gasteiger partial charge in [0.05, 0.1) is 5.70 Å². The van der Waals surface area contributed by atoms with E-state index < -0.39 is 0 Å². The Kier molecular flexibility index (Phi) is 3.71. The largest absolute Gasteiger partial charge is 0.398 e. The van der Waals surface area contributed by atoms with Gasteiger partial charge in [0.25, 0.3) is 0 Å². The van der Waals surface area contributed by atoms with Crippen LogP contribution in [-0.2, 0) is 6.42 Å². The predicted molar refractivity (Wildman–Crippen MR) is 91.1 cm³/mol. The van der Waals surface area contributed by atoms with Gasteiger partial charge in [-0.05, 0) is 30.5 Å². The van der Waals surface area contributed by atoms with E-state index in [-0.39, 0.29) is 0 Å². The second kappa shape index (κ2) is 5.66. The van der Waals surface area contributed by atoms with E-state index in [0.717, 1.165) is 27.9 Å². The van der Waals surface area contributed by atoms with Crippen molar-refractivity contribution in [3.8, 4) is 0 Å². The van der Waals surface area contributed by atoms with E-state index in [4.69, 9.17) is 5.73 Å². The zero-order valence-electron chi connectivity index (χ0n) is 11.8. The van der Waals surface area contributed by atoms with Gasteiger partial charge in [-0.1, -0.05) is 30.3 Å². The number of hydrogen-bond donors (Lipinski definition) is 3. The molecule has 0 unspecified atom stereocenters. The number of benzene rings is 1. The van der Waals surface area contributed by atoms with Crippen LogP contribution in [0.1, 0.15) is 23.6 Å². The number of aromatic nitrogens is 2. The summed E-state index contributed by atoms with van der Waals surface area (Å²) in [6.07, 6.45) is 4.65. The van der Waals surface area contributed by atoms with Crippen molar-refractivity contribution in [2.75, 3.05) is 0 Å². The third kappa shape index (κ3) is 2.81. The maximum atomic E-state index is 6.11. The molecule has 1 aromatic carbocycles. The molecule has 0 aliphatic heterocycles. The maximum Gasteiger partial charge on any atom is 0.137 e. The number of aromatic amines is 1. The van der Waals surface area contributed by atoms with E-state index in [1.54, 1.807) is 0 Å². The molecule has 0 aliphatic carbocycles. The summed E-state index contributed by atoms with van der Waals surface area (Å²) < 4.78 is 0. The van der Waals surface area contributed by atoms with Crippen molar-refractivity contribution in [1.29, 1.82) is 0 Å². The number of hydrogen-bond acceptors (Lipinski definition) is 3. The molecule has 2 heterocycles. The van der Waals surface area contributed by atoms with Crippen molar-refractivity contribution in [3.63, 3.8) is 0 Å². The topological polar surface area (TPSA) is 54.7 Å². The fraction of sp³-hybridized carbons (Fsp3) is 0.118. The number of nitrogens with one attached hydrogen (secondary N) is 1. The highest BCUT2D eigenvalue weighted by Gasteiger charge is 2.09. The van der Waals surface area contributed by atoms with Gasteiger partial charge in [0.1, 0.15) is 5.65 Å². The number of thiol groups is 1. The monoisotopic (exact) mass is 295 g/mol. The lowest BCUT2D eigenvalue weighted by Gasteiger charge is -2.04. The zero-order valence-corrected chi connectivity index (χ0v) is 12.7. The number of nitrogens with zero attached hydrogens (tertiary/aromatic N) is 1. The number of rotatable bonds is 3.